The van der Waals surface area contributed by atoms with E-state index in [2.05, 4.69) is 0 Å². The molecular formula is C13H10Ni. The quantitative estimate of drug-likeness (QED) is 0.689. The molecule has 2 rings (SSSR count). The first-order valence-corrected chi connectivity index (χ1v) is 4.97. The van der Waals surface area contributed by atoms with Crippen molar-refractivity contribution in [3.05, 3.63) is 71.8 Å². The van der Waals surface area contributed by atoms with E-state index < -0.39 is 0 Å². The van der Waals surface area contributed by atoms with Crippen LogP contribution in [0, 0.1) is 0 Å². The molecule has 0 aliphatic heterocycles. The molecule has 0 aromatic heterocycles. The van der Waals surface area contributed by atoms with E-state index in [1.54, 1.807) is 0 Å². The van der Waals surface area contributed by atoms with E-state index in [0.29, 0.717) is 0 Å². The van der Waals surface area contributed by atoms with Gasteiger partial charge in [-0.15, -0.1) is 0 Å². The van der Waals surface area contributed by atoms with E-state index in [1.165, 1.54) is 0 Å². The van der Waals surface area contributed by atoms with E-state index in [4.69, 9.17) is 15.0 Å². The fourth-order valence-corrected chi connectivity index (χ4v) is 1.64. The van der Waals surface area contributed by atoms with Crippen molar-refractivity contribution in [1.82, 2.24) is 0 Å². The van der Waals surface area contributed by atoms with E-state index in [0.717, 1.165) is 15.6 Å². The summed E-state index contributed by atoms with van der Waals surface area (Å²) in [5.41, 5.74) is 2.25. The SMILES string of the molecule is [Ni]=[C](c1ccccc1)c1ccccc1. The summed E-state index contributed by atoms with van der Waals surface area (Å²) in [7, 11) is 0. The summed E-state index contributed by atoms with van der Waals surface area (Å²) >= 11 is 5.06. The molecule has 0 fully saturated rings. The second-order valence-electron chi connectivity index (χ2n) is 3.02. The molecule has 0 bridgehead atoms. The van der Waals surface area contributed by atoms with Crippen LogP contribution < -0.4 is 0 Å². The Bertz CT molecular complexity index is 376. The summed E-state index contributed by atoms with van der Waals surface area (Å²) in [5.74, 6) is 0. The zero-order chi connectivity index (χ0) is 9.80. The second kappa shape index (κ2) is 4.35. The molecule has 0 aliphatic rings. The van der Waals surface area contributed by atoms with Gasteiger partial charge in [-0.05, 0) is 0 Å². The van der Waals surface area contributed by atoms with E-state index >= 15 is 0 Å². The van der Waals surface area contributed by atoms with Crippen molar-refractivity contribution < 1.29 is 15.0 Å². The predicted octanol–water partition coefficient (Wildman–Crippen LogP) is 2.80. The Labute approximate surface area is 91.5 Å². The summed E-state index contributed by atoms with van der Waals surface area (Å²) < 4.78 is 0.950. The molecule has 0 saturated carbocycles. The van der Waals surface area contributed by atoms with Crippen LogP contribution in [0.2, 0.25) is 0 Å². The molecule has 0 amide bonds. The number of rotatable bonds is 2. The molecule has 2 aromatic carbocycles. The minimum atomic E-state index is 0.950. The summed E-state index contributed by atoms with van der Waals surface area (Å²) in [4.78, 5) is 0. The van der Waals surface area contributed by atoms with Crippen LogP contribution in [0.1, 0.15) is 11.1 Å². The van der Waals surface area contributed by atoms with Gasteiger partial charge < -0.3 is 0 Å². The van der Waals surface area contributed by atoms with Gasteiger partial charge in [-0.25, -0.2) is 0 Å². The van der Waals surface area contributed by atoms with Gasteiger partial charge in [0.1, 0.15) is 0 Å². The second-order valence-corrected chi connectivity index (χ2v) is 3.51. The maximum atomic E-state index is 5.06. The fourth-order valence-electron chi connectivity index (χ4n) is 1.32. The monoisotopic (exact) mass is 224 g/mol. The molecule has 0 radical (unpaired) electrons. The van der Waals surface area contributed by atoms with Crippen molar-refractivity contribution in [3.63, 3.8) is 0 Å². The molecule has 0 spiro atoms. The molecule has 0 unspecified atom stereocenters. The van der Waals surface area contributed by atoms with Gasteiger partial charge in [-0.3, -0.25) is 0 Å². The molecule has 14 heavy (non-hydrogen) atoms. The minimum absolute atomic E-state index is 0.950. The molecule has 0 nitrogen and oxygen atoms in total. The normalized spacial score (nSPS) is 9.86. The van der Waals surface area contributed by atoms with E-state index in [-0.39, 0.29) is 0 Å². The zero-order valence-corrected chi connectivity index (χ0v) is 8.58. The average Bonchev–Trinajstić information content (AvgIpc) is 2.30. The van der Waals surface area contributed by atoms with Crippen LogP contribution in [0.15, 0.2) is 60.7 Å². The molecule has 0 aliphatic carbocycles. The van der Waals surface area contributed by atoms with Crippen molar-refractivity contribution in [1.29, 1.82) is 0 Å². The number of benzene rings is 2. The van der Waals surface area contributed by atoms with Gasteiger partial charge in [0.05, 0.1) is 0 Å². The van der Waals surface area contributed by atoms with Crippen LogP contribution >= 0.6 is 0 Å². The molecule has 0 saturated heterocycles. The summed E-state index contributed by atoms with van der Waals surface area (Å²) in [6.45, 7) is 0. The topological polar surface area (TPSA) is 0 Å². The standard InChI is InChI=1S/C13H10.Ni/c1-3-7-12(8-4-1)11-13-9-5-2-6-10-13;/h1-10H;. The average molecular weight is 225 g/mol. The molecule has 0 atom stereocenters. The Kier molecular flexibility index (Phi) is 2.91. The third-order valence-corrected chi connectivity index (χ3v) is 2.59. The summed E-state index contributed by atoms with van der Waals surface area (Å²) in [6, 6.07) is 20.2. The first-order valence-electron chi connectivity index (χ1n) is 4.48. The van der Waals surface area contributed by atoms with Crippen LogP contribution in [0.4, 0.5) is 0 Å². The van der Waals surface area contributed by atoms with Crippen molar-refractivity contribution in [2.24, 2.45) is 0 Å². The van der Waals surface area contributed by atoms with Crippen molar-refractivity contribution in [2.75, 3.05) is 0 Å². The van der Waals surface area contributed by atoms with Gasteiger partial charge in [0.15, 0.2) is 0 Å². The molecule has 2 aromatic rings. The van der Waals surface area contributed by atoms with E-state index in [9.17, 15) is 0 Å². The summed E-state index contributed by atoms with van der Waals surface area (Å²) in [6.07, 6.45) is 0. The van der Waals surface area contributed by atoms with Gasteiger partial charge in [-0.2, -0.15) is 0 Å². The Morgan fingerprint density at radius 2 is 1.00 bits per heavy atom. The van der Waals surface area contributed by atoms with Crippen LogP contribution in [0.5, 0.6) is 0 Å². The van der Waals surface area contributed by atoms with Gasteiger partial charge in [0.2, 0.25) is 0 Å². The van der Waals surface area contributed by atoms with Crippen molar-refractivity contribution in [3.8, 4) is 0 Å². The van der Waals surface area contributed by atoms with Crippen LogP contribution in [0.25, 0.3) is 0 Å². The van der Waals surface area contributed by atoms with Gasteiger partial charge >= 0.3 is 91.3 Å². The predicted molar refractivity (Wildman–Crippen MR) is 56.1 cm³/mol. The molecule has 1 heteroatoms. The van der Waals surface area contributed by atoms with Gasteiger partial charge in [0, 0.05) is 0 Å². The van der Waals surface area contributed by atoms with Crippen molar-refractivity contribution in [2.45, 2.75) is 0 Å². The Balaban J connectivity index is 2.35. The third-order valence-electron chi connectivity index (χ3n) is 2.02. The molecular weight excluding hydrogens is 215 g/mol. The Hall–Kier alpha value is -1.20. The first kappa shape index (κ1) is 9.36. The number of hydrogen-bond donors (Lipinski definition) is 0. The van der Waals surface area contributed by atoms with Crippen LogP contribution in [-0.4, -0.2) is 4.49 Å². The van der Waals surface area contributed by atoms with Gasteiger partial charge in [-0.1, -0.05) is 0 Å². The zero-order valence-electron chi connectivity index (χ0n) is 7.59. The molecule has 0 N–H and O–H groups in total. The van der Waals surface area contributed by atoms with Crippen LogP contribution in [-0.2, 0) is 15.0 Å². The Morgan fingerprint density at radius 3 is 1.36 bits per heavy atom. The third kappa shape index (κ3) is 2.00. The first-order chi connectivity index (χ1) is 6.88. The van der Waals surface area contributed by atoms with Gasteiger partial charge in [0.25, 0.3) is 0 Å². The Morgan fingerprint density at radius 1 is 0.643 bits per heavy atom. The maximum absolute atomic E-state index is 5.06. The van der Waals surface area contributed by atoms with E-state index in [1.807, 2.05) is 60.7 Å². The molecule has 72 valence electrons. The molecule has 0 heterocycles. The van der Waals surface area contributed by atoms with Crippen molar-refractivity contribution >= 4 is 4.49 Å². The number of hydrogen-bond acceptors (Lipinski definition) is 0. The summed E-state index contributed by atoms with van der Waals surface area (Å²) in [5, 5.41) is 0. The van der Waals surface area contributed by atoms with Crippen LogP contribution in [0.3, 0.4) is 0 Å². The fraction of sp³-hybridized carbons (Fsp3) is 0.